The first kappa shape index (κ1) is 40.9. The Hall–Kier alpha value is -8.90. The number of unbranched alkanes of at least 4 members (excludes halogenated alkanes) is 2. The number of hydrogen-bond acceptors (Lipinski definition) is 10. The van der Waals surface area contributed by atoms with Crippen molar-refractivity contribution in [2.45, 2.75) is 32.1 Å². The highest BCUT2D eigenvalue weighted by molar-refractivity contribution is 5.73. The third-order valence-electron chi connectivity index (χ3n) is 6.69. The number of phenolic OH excluding ortho intramolecular Hbond substituents is 1. The van der Waals surface area contributed by atoms with E-state index in [-0.39, 0.29) is 30.5 Å². The topological polar surface area (TPSA) is 132 Å². The molecule has 0 radical (unpaired) electrons. The predicted molar refractivity (Wildman–Crippen MR) is 214 cm³/mol. The lowest BCUT2D eigenvalue weighted by Crippen LogP contribution is -2.09. The Balaban J connectivity index is 1.08. The van der Waals surface area contributed by atoms with E-state index in [4.69, 9.17) is 20.6 Å². The third kappa shape index (κ3) is 17.4. The molecule has 0 bridgehead atoms. The van der Waals surface area contributed by atoms with Gasteiger partial charge in [0.1, 0.15) is 29.1 Å². The van der Waals surface area contributed by atoms with Crippen LogP contribution in [0.25, 0.3) is 0 Å². The van der Waals surface area contributed by atoms with Crippen LogP contribution in [-0.4, -0.2) is 17.0 Å². The highest BCUT2D eigenvalue weighted by Crippen LogP contribution is 2.25. The van der Waals surface area contributed by atoms with Gasteiger partial charge in [0.15, 0.2) is 0 Å². The van der Waals surface area contributed by atoms with Crippen molar-refractivity contribution in [1.82, 2.24) is 0 Å². The van der Waals surface area contributed by atoms with E-state index in [9.17, 15) is 14.7 Å². The molecule has 4 rings (SSSR count). The molecule has 0 saturated carbocycles. The summed E-state index contributed by atoms with van der Waals surface area (Å²) in [5, 5.41) is 26.0. The number of rotatable bonds is 13. The van der Waals surface area contributed by atoms with Gasteiger partial charge in [-0.15, -0.1) is 6.42 Å². The summed E-state index contributed by atoms with van der Waals surface area (Å²) < 4.78 is 16.1. The Morgan fingerprint density at radius 2 is 0.789 bits per heavy atom. The van der Waals surface area contributed by atoms with Gasteiger partial charge >= 0.3 is 11.9 Å². The second kappa shape index (κ2) is 24.4. The summed E-state index contributed by atoms with van der Waals surface area (Å²) in [5.41, 5.74) is 2.34. The third-order valence-corrected chi connectivity index (χ3v) is 6.69. The molecule has 0 aliphatic carbocycles. The summed E-state index contributed by atoms with van der Waals surface area (Å²) in [6.45, 7) is 0. The number of benzene rings is 4. The number of carbonyl (C=O) groups is 2. The quantitative estimate of drug-likeness (QED) is 0.0479. The van der Waals surface area contributed by atoms with Crippen molar-refractivity contribution in [2.75, 3.05) is 0 Å². The molecular formula is C47H28N4O6. The Labute approximate surface area is 330 Å². The predicted octanol–water partition coefficient (Wildman–Crippen LogP) is 8.68. The van der Waals surface area contributed by atoms with Gasteiger partial charge in [0.2, 0.25) is 0 Å². The van der Waals surface area contributed by atoms with E-state index < -0.39 is 0 Å². The molecule has 0 aliphatic rings. The summed E-state index contributed by atoms with van der Waals surface area (Å²) in [5.74, 6) is 35.1. The van der Waals surface area contributed by atoms with Gasteiger partial charge in [0.25, 0.3) is 0 Å². The lowest BCUT2D eigenvalue weighted by Gasteiger charge is -2.06. The largest absolute Gasteiger partial charge is 0.508 e. The lowest BCUT2D eigenvalue weighted by atomic mass is 10.1. The first-order valence-corrected chi connectivity index (χ1v) is 16.9. The van der Waals surface area contributed by atoms with Crippen LogP contribution in [0, 0.1) is 95.4 Å². The lowest BCUT2D eigenvalue weighted by molar-refractivity contribution is -0.134. The number of nitrogens with zero attached hydrogens (tertiary/aromatic N) is 4. The van der Waals surface area contributed by atoms with Gasteiger partial charge in [-0.25, -0.2) is 0 Å². The van der Waals surface area contributed by atoms with Gasteiger partial charge in [-0.05, 0) is 151 Å². The highest BCUT2D eigenvalue weighted by Gasteiger charge is 2.08. The number of terminal acetylenes is 1. The molecule has 10 heteroatoms. The first-order valence-electron chi connectivity index (χ1n) is 16.9. The van der Waals surface area contributed by atoms with Crippen LogP contribution in [0.4, 0.5) is 22.7 Å². The molecule has 4 aromatic carbocycles. The van der Waals surface area contributed by atoms with Gasteiger partial charge in [-0.2, -0.15) is 20.5 Å². The summed E-state index contributed by atoms with van der Waals surface area (Å²) in [4.78, 5) is 24.6. The minimum atomic E-state index is -0.374. The molecule has 0 saturated heterocycles. The van der Waals surface area contributed by atoms with Crippen molar-refractivity contribution < 1.29 is 28.9 Å². The van der Waals surface area contributed by atoms with Gasteiger partial charge in [-0.1, -0.05) is 6.42 Å². The van der Waals surface area contributed by atoms with Crippen molar-refractivity contribution in [3.8, 4) is 118 Å². The second-order valence-corrected chi connectivity index (χ2v) is 10.9. The van der Waals surface area contributed by atoms with Crippen molar-refractivity contribution in [3.63, 3.8) is 0 Å². The fourth-order valence-electron chi connectivity index (χ4n) is 4.06. The average Bonchev–Trinajstić information content (AvgIpc) is 3.22. The molecule has 0 aliphatic heterocycles. The van der Waals surface area contributed by atoms with Crippen molar-refractivity contribution in [2.24, 2.45) is 20.5 Å². The van der Waals surface area contributed by atoms with Gasteiger partial charge in [-0.3, -0.25) is 9.59 Å². The normalized spacial score (nSPS) is 9.18. The Morgan fingerprint density at radius 1 is 0.456 bits per heavy atom. The summed E-state index contributed by atoms with van der Waals surface area (Å²) in [6, 6.07) is 26.4. The fourth-order valence-corrected chi connectivity index (χ4v) is 4.06. The molecule has 272 valence electrons. The monoisotopic (exact) mass is 744 g/mol. The number of hydrogen-bond donors (Lipinski definition) is 1. The van der Waals surface area contributed by atoms with E-state index in [0.29, 0.717) is 59.3 Å². The van der Waals surface area contributed by atoms with Crippen LogP contribution in [0.15, 0.2) is 118 Å². The summed E-state index contributed by atoms with van der Waals surface area (Å²) in [7, 11) is 0. The van der Waals surface area contributed by atoms with Crippen LogP contribution < -0.4 is 14.2 Å². The highest BCUT2D eigenvalue weighted by atomic mass is 16.5. The molecule has 0 atom stereocenters. The molecule has 0 spiro atoms. The number of azo groups is 2. The number of carbonyl (C=O) groups excluding carboxylic acids is 2. The van der Waals surface area contributed by atoms with Crippen LogP contribution in [0.5, 0.6) is 23.0 Å². The number of phenols is 1. The first-order chi connectivity index (χ1) is 28.0. The average molecular weight is 745 g/mol. The Morgan fingerprint density at radius 3 is 1.18 bits per heavy atom. The molecule has 10 nitrogen and oxygen atoms in total. The maximum absolute atomic E-state index is 12.3. The van der Waals surface area contributed by atoms with Crippen LogP contribution >= 0.6 is 0 Å². The van der Waals surface area contributed by atoms with Crippen LogP contribution in [-0.2, 0) is 9.59 Å². The zero-order valence-corrected chi connectivity index (χ0v) is 30.1. The Bertz CT molecular complexity index is 2590. The molecular weight excluding hydrogens is 717 g/mol. The Kier molecular flexibility index (Phi) is 17.5. The van der Waals surface area contributed by atoms with Crippen LogP contribution in [0.3, 0.4) is 0 Å². The van der Waals surface area contributed by atoms with E-state index in [1.807, 2.05) is 0 Å². The molecule has 4 aromatic rings. The van der Waals surface area contributed by atoms with Gasteiger partial charge in [0.05, 0.1) is 22.7 Å². The number of ether oxygens (including phenoxy) is 3. The molecule has 1 N–H and O–H groups in total. The SMILES string of the molecule is C#CC#CC#CC#CC#CC#CC#CC#COc1ccc(N=Nc2ccc(OC(=O)CCCCCC(=O)Oc3ccc(N=Nc4ccc(O)cc4)cc3)cc2)cc1. The standard InChI is InChI=1S/C47H28N4O6/c1-2-3-4-5-6-7-8-9-10-11-12-13-14-18-37-55-43-31-23-39(24-32-43)49-51-41-27-35-45(36-28-41)57-47(54)20-17-15-16-19-46(53)56-44-33-25-40(26-34-44)50-48-38-21-29-42(52)30-22-38/h1,21-36,52H,15-17,19-20H2. The van der Waals surface area contributed by atoms with Crippen molar-refractivity contribution >= 4 is 34.7 Å². The van der Waals surface area contributed by atoms with Gasteiger partial charge < -0.3 is 19.3 Å². The van der Waals surface area contributed by atoms with Crippen molar-refractivity contribution in [1.29, 1.82) is 0 Å². The second-order valence-electron chi connectivity index (χ2n) is 10.9. The minimum Gasteiger partial charge on any atom is -0.508 e. The molecule has 0 aromatic heterocycles. The smallest absolute Gasteiger partial charge is 0.311 e. The fraction of sp³-hybridized carbons (Fsp3) is 0.106. The van der Waals surface area contributed by atoms with E-state index in [2.05, 4.69) is 109 Å². The van der Waals surface area contributed by atoms with Gasteiger partial charge in [0, 0.05) is 54.3 Å². The number of aromatic hydroxyl groups is 1. The van der Waals surface area contributed by atoms with E-state index in [1.54, 1.807) is 84.9 Å². The summed E-state index contributed by atoms with van der Waals surface area (Å²) in [6.07, 6.45) is 9.65. The summed E-state index contributed by atoms with van der Waals surface area (Å²) >= 11 is 0. The molecule has 0 unspecified atom stereocenters. The van der Waals surface area contributed by atoms with E-state index >= 15 is 0 Å². The number of esters is 2. The molecule has 0 fully saturated rings. The van der Waals surface area contributed by atoms with E-state index in [1.165, 1.54) is 12.1 Å². The maximum Gasteiger partial charge on any atom is 0.311 e. The maximum atomic E-state index is 12.3. The molecule has 57 heavy (non-hydrogen) atoms. The van der Waals surface area contributed by atoms with Crippen molar-refractivity contribution in [3.05, 3.63) is 97.1 Å². The van der Waals surface area contributed by atoms with Crippen LogP contribution in [0.1, 0.15) is 32.1 Å². The molecule has 0 heterocycles. The zero-order valence-electron chi connectivity index (χ0n) is 30.1. The van der Waals surface area contributed by atoms with E-state index in [0.717, 1.165) is 0 Å². The molecule has 0 amide bonds. The minimum absolute atomic E-state index is 0.150. The van der Waals surface area contributed by atoms with Crippen LogP contribution in [0.2, 0.25) is 0 Å². The zero-order chi connectivity index (χ0) is 40.2.